The summed E-state index contributed by atoms with van der Waals surface area (Å²) in [5, 5.41) is 3.41. The minimum Gasteiger partial charge on any atom is -0.484 e. The molecule has 0 spiro atoms. The summed E-state index contributed by atoms with van der Waals surface area (Å²) in [5.41, 5.74) is 4.35. The van der Waals surface area contributed by atoms with Crippen LogP contribution in [0.2, 0.25) is 0 Å². The highest BCUT2D eigenvalue weighted by molar-refractivity contribution is 7.22. The van der Waals surface area contributed by atoms with Crippen LogP contribution in [0.25, 0.3) is 10.2 Å². The Morgan fingerprint density at radius 2 is 2.00 bits per heavy atom. The van der Waals surface area contributed by atoms with E-state index in [9.17, 15) is 4.79 Å². The van der Waals surface area contributed by atoms with Crippen LogP contribution in [0.5, 0.6) is 5.75 Å². The van der Waals surface area contributed by atoms with Gasteiger partial charge < -0.3 is 4.74 Å². The van der Waals surface area contributed by atoms with Gasteiger partial charge in [0, 0.05) is 0 Å². The first-order chi connectivity index (χ1) is 11.0. The summed E-state index contributed by atoms with van der Waals surface area (Å²) < 4.78 is 6.58. The number of aryl methyl sites for hydroxylation is 3. The monoisotopic (exact) mass is 326 g/mol. The van der Waals surface area contributed by atoms with Gasteiger partial charge in [-0.1, -0.05) is 29.5 Å². The number of hydrogen-bond acceptors (Lipinski definition) is 4. The molecule has 1 aromatic heterocycles. The fraction of sp³-hybridized carbons (Fsp3) is 0.222. The lowest BCUT2D eigenvalue weighted by Gasteiger charge is -2.06. The summed E-state index contributed by atoms with van der Waals surface area (Å²) in [6, 6.07) is 11.8. The number of anilines is 1. The molecular weight excluding hydrogens is 308 g/mol. The van der Waals surface area contributed by atoms with Crippen molar-refractivity contribution in [2.24, 2.45) is 0 Å². The third kappa shape index (κ3) is 3.68. The molecule has 0 saturated heterocycles. The quantitative estimate of drug-likeness (QED) is 0.780. The number of nitrogens with zero attached hydrogens (tertiary/aromatic N) is 1. The molecule has 0 atom stereocenters. The van der Waals surface area contributed by atoms with Gasteiger partial charge in [0.1, 0.15) is 5.75 Å². The predicted octanol–water partition coefficient (Wildman–Crippen LogP) is 4.24. The van der Waals surface area contributed by atoms with Crippen LogP contribution in [0.4, 0.5) is 5.13 Å². The predicted molar refractivity (Wildman–Crippen MR) is 94.4 cm³/mol. The second kappa shape index (κ2) is 6.38. The van der Waals surface area contributed by atoms with Crippen molar-refractivity contribution in [1.82, 2.24) is 4.98 Å². The standard InChI is InChI=1S/C18H18N2O2S/c1-11-5-4-6-14(8-11)22-10-16(21)19-18-20-17-13(3)7-12(2)9-15(17)23-18/h4-9H,10H2,1-3H3,(H,19,20,21). The number of aromatic nitrogens is 1. The molecule has 118 valence electrons. The highest BCUT2D eigenvalue weighted by Crippen LogP contribution is 2.29. The molecule has 0 bridgehead atoms. The second-order valence-corrected chi connectivity index (χ2v) is 6.63. The highest BCUT2D eigenvalue weighted by Gasteiger charge is 2.10. The zero-order valence-corrected chi connectivity index (χ0v) is 14.2. The zero-order valence-electron chi connectivity index (χ0n) is 13.3. The molecule has 0 aliphatic carbocycles. The van der Waals surface area contributed by atoms with Crippen LogP contribution in [-0.4, -0.2) is 17.5 Å². The van der Waals surface area contributed by atoms with Gasteiger partial charge in [-0.3, -0.25) is 10.1 Å². The first kappa shape index (κ1) is 15.5. The molecule has 0 aliphatic heterocycles. The molecule has 3 rings (SSSR count). The van der Waals surface area contributed by atoms with Crippen LogP contribution < -0.4 is 10.1 Å². The Bertz CT molecular complexity index is 871. The van der Waals surface area contributed by atoms with E-state index in [2.05, 4.69) is 29.4 Å². The van der Waals surface area contributed by atoms with E-state index in [4.69, 9.17) is 4.74 Å². The van der Waals surface area contributed by atoms with E-state index in [0.717, 1.165) is 21.3 Å². The maximum Gasteiger partial charge on any atom is 0.264 e. The summed E-state index contributed by atoms with van der Waals surface area (Å²) in [5.74, 6) is 0.482. The van der Waals surface area contributed by atoms with Crippen molar-refractivity contribution in [2.75, 3.05) is 11.9 Å². The number of fused-ring (bicyclic) bond motifs is 1. The van der Waals surface area contributed by atoms with Crippen LogP contribution in [0.15, 0.2) is 36.4 Å². The van der Waals surface area contributed by atoms with Crippen molar-refractivity contribution in [2.45, 2.75) is 20.8 Å². The van der Waals surface area contributed by atoms with Crippen LogP contribution in [0, 0.1) is 20.8 Å². The first-order valence-corrected chi connectivity index (χ1v) is 8.20. The topological polar surface area (TPSA) is 51.2 Å². The number of amides is 1. The third-order valence-corrected chi connectivity index (χ3v) is 4.35. The molecule has 4 nitrogen and oxygen atoms in total. The van der Waals surface area contributed by atoms with Crippen molar-refractivity contribution in [1.29, 1.82) is 0 Å². The molecule has 0 aliphatic rings. The Morgan fingerprint density at radius 1 is 1.17 bits per heavy atom. The number of rotatable bonds is 4. The Morgan fingerprint density at radius 3 is 2.78 bits per heavy atom. The van der Waals surface area contributed by atoms with E-state index in [1.54, 1.807) is 0 Å². The first-order valence-electron chi connectivity index (χ1n) is 7.38. The van der Waals surface area contributed by atoms with Gasteiger partial charge in [-0.15, -0.1) is 0 Å². The van der Waals surface area contributed by atoms with Crippen molar-refractivity contribution in [3.05, 3.63) is 53.1 Å². The van der Waals surface area contributed by atoms with Gasteiger partial charge in [0.05, 0.1) is 10.2 Å². The normalized spacial score (nSPS) is 10.7. The molecular formula is C18H18N2O2S. The van der Waals surface area contributed by atoms with E-state index >= 15 is 0 Å². The lowest BCUT2D eigenvalue weighted by Crippen LogP contribution is -2.20. The summed E-state index contributed by atoms with van der Waals surface area (Å²) in [4.78, 5) is 16.5. The van der Waals surface area contributed by atoms with E-state index in [0.29, 0.717) is 10.9 Å². The molecule has 2 aromatic carbocycles. The second-order valence-electron chi connectivity index (χ2n) is 5.60. The fourth-order valence-electron chi connectivity index (χ4n) is 2.43. The van der Waals surface area contributed by atoms with Gasteiger partial charge in [0.15, 0.2) is 11.7 Å². The molecule has 23 heavy (non-hydrogen) atoms. The molecule has 0 saturated carbocycles. The summed E-state index contributed by atoms with van der Waals surface area (Å²) in [6.45, 7) is 6.04. The average Bonchev–Trinajstić information content (AvgIpc) is 2.88. The molecule has 3 aromatic rings. The maximum absolute atomic E-state index is 12.0. The Hall–Kier alpha value is -2.40. The molecule has 1 amide bonds. The van der Waals surface area contributed by atoms with Gasteiger partial charge in [0.25, 0.3) is 5.91 Å². The molecule has 1 N–H and O–H groups in total. The average molecular weight is 326 g/mol. The smallest absolute Gasteiger partial charge is 0.264 e. The van der Waals surface area contributed by atoms with Gasteiger partial charge >= 0.3 is 0 Å². The van der Waals surface area contributed by atoms with Crippen molar-refractivity contribution in [3.63, 3.8) is 0 Å². The van der Waals surface area contributed by atoms with Gasteiger partial charge in [0.2, 0.25) is 0 Å². The third-order valence-electron chi connectivity index (χ3n) is 3.44. The Balaban J connectivity index is 1.67. The lowest BCUT2D eigenvalue weighted by molar-refractivity contribution is -0.118. The van der Waals surface area contributed by atoms with E-state index in [-0.39, 0.29) is 12.5 Å². The van der Waals surface area contributed by atoms with Gasteiger partial charge in [-0.05, 0) is 55.7 Å². The number of carbonyl (C=O) groups is 1. The molecule has 0 fully saturated rings. The van der Waals surface area contributed by atoms with Crippen molar-refractivity contribution < 1.29 is 9.53 Å². The van der Waals surface area contributed by atoms with Crippen LogP contribution in [0.3, 0.4) is 0 Å². The number of carbonyl (C=O) groups excluding carboxylic acids is 1. The van der Waals surface area contributed by atoms with Crippen LogP contribution in [-0.2, 0) is 4.79 Å². The minimum atomic E-state index is -0.208. The van der Waals surface area contributed by atoms with E-state index in [1.165, 1.54) is 16.9 Å². The van der Waals surface area contributed by atoms with Crippen LogP contribution in [0.1, 0.15) is 16.7 Å². The van der Waals surface area contributed by atoms with Gasteiger partial charge in [-0.2, -0.15) is 0 Å². The van der Waals surface area contributed by atoms with E-state index < -0.39 is 0 Å². The zero-order chi connectivity index (χ0) is 16.4. The number of thiazole rings is 1. The summed E-state index contributed by atoms with van der Waals surface area (Å²) >= 11 is 1.48. The Kier molecular flexibility index (Phi) is 4.30. The summed E-state index contributed by atoms with van der Waals surface area (Å²) in [7, 11) is 0. The number of hydrogen-bond donors (Lipinski definition) is 1. The largest absolute Gasteiger partial charge is 0.484 e. The SMILES string of the molecule is Cc1cccc(OCC(=O)Nc2nc3c(C)cc(C)cc3s2)c1. The minimum absolute atomic E-state index is 0.0304. The molecule has 5 heteroatoms. The fourth-order valence-corrected chi connectivity index (χ4v) is 3.49. The lowest BCUT2D eigenvalue weighted by atomic mass is 10.1. The maximum atomic E-state index is 12.0. The number of ether oxygens (including phenoxy) is 1. The Labute approximate surface area is 139 Å². The van der Waals surface area contributed by atoms with Gasteiger partial charge in [-0.25, -0.2) is 4.98 Å². The van der Waals surface area contributed by atoms with E-state index in [1.807, 2.05) is 38.1 Å². The molecule has 0 unspecified atom stereocenters. The highest BCUT2D eigenvalue weighted by atomic mass is 32.1. The number of nitrogens with one attached hydrogen (secondary N) is 1. The van der Waals surface area contributed by atoms with Crippen molar-refractivity contribution in [3.8, 4) is 5.75 Å². The summed E-state index contributed by atoms with van der Waals surface area (Å²) in [6.07, 6.45) is 0. The van der Waals surface area contributed by atoms with Crippen LogP contribution >= 0.6 is 11.3 Å². The molecule has 0 radical (unpaired) electrons. The number of benzene rings is 2. The molecule has 1 heterocycles. The van der Waals surface area contributed by atoms with Crippen molar-refractivity contribution >= 4 is 32.6 Å².